The highest BCUT2D eigenvalue weighted by molar-refractivity contribution is 5.59. The number of para-hydroxylation sites is 1. The van der Waals surface area contributed by atoms with Crippen LogP contribution in [0.1, 0.15) is 17.9 Å². The molecule has 0 radical (unpaired) electrons. The highest BCUT2D eigenvalue weighted by Gasteiger charge is 2.19. The molecule has 0 spiro atoms. The molecule has 0 saturated carbocycles. The van der Waals surface area contributed by atoms with Crippen LogP contribution in [0.5, 0.6) is 0 Å². The average Bonchev–Trinajstić information content (AvgIpc) is 3.31. The van der Waals surface area contributed by atoms with Crippen molar-refractivity contribution < 1.29 is 8.83 Å². The van der Waals surface area contributed by atoms with Crippen molar-refractivity contribution >= 4 is 5.69 Å². The summed E-state index contributed by atoms with van der Waals surface area (Å²) in [6.07, 6.45) is 2.60. The number of nitrogens with zero attached hydrogens (tertiary/aromatic N) is 5. The van der Waals surface area contributed by atoms with Gasteiger partial charge in [-0.2, -0.15) is 5.26 Å². The summed E-state index contributed by atoms with van der Waals surface area (Å²) in [6, 6.07) is 13.6. The summed E-state index contributed by atoms with van der Waals surface area (Å²) >= 11 is 0. The summed E-state index contributed by atoms with van der Waals surface area (Å²) in [4.78, 5) is 4.58. The second kappa shape index (κ2) is 7.42. The van der Waals surface area contributed by atoms with Crippen LogP contribution in [0.2, 0.25) is 0 Å². The first kappa shape index (κ1) is 16.4. The SMILES string of the molecule is N#Cc1ccccc1N1CCCN(Cc2nnc(-c3ccco3)o2)CC1. The molecule has 0 atom stereocenters. The van der Waals surface area contributed by atoms with Crippen molar-refractivity contribution in [2.75, 3.05) is 31.1 Å². The quantitative estimate of drug-likeness (QED) is 0.716. The van der Waals surface area contributed by atoms with Crippen LogP contribution in [0.25, 0.3) is 11.7 Å². The van der Waals surface area contributed by atoms with Gasteiger partial charge >= 0.3 is 0 Å². The normalized spacial score (nSPS) is 15.6. The van der Waals surface area contributed by atoms with Crippen LogP contribution in [0.15, 0.2) is 51.5 Å². The average molecular weight is 349 g/mol. The van der Waals surface area contributed by atoms with Crippen molar-refractivity contribution in [3.63, 3.8) is 0 Å². The molecule has 0 amide bonds. The van der Waals surface area contributed by atoms with E-state index in [4.69, 9.17) is 8.83 Å². The van der Waals surface area contributed by atoms with E-state index >= 15 is 0 Å². The summed E-state index contributed by atoms with van der Waals surface area (Å²) in [5.41, 5.74) is 1.73. The molecule has 1 aliphatic rings. The zero-order valence-corrected chi connectivity index (χ0v) is 14.3. The van der Waals surface area contributed by atoms with Gasteiger partial charge in [-0.1, -0.05) is 12.1 Å². The molecule has 7 nitrogen and oxygen atoms in total. The molecule has 26 heavy (non-hydrogen) atoms. The maximum atomic E-state index is 9.32. The fraction of sp³-hybridized carbons (Fsp3) is 0.316. The lowest BCUT2D eigenvalue weighted by Crippen LogP contribution is -2.31. The summed E-state index contributed by atoms with van der Waals surface area (Å²) in [5.74, 6) is 1.57. The number of nitriles is 1. The van der Waals surface area contributed by atoms with Crippen LogP contribution in [-0.2, 0) is 6.54 Å². The van der Waals surface area contributed by atoms with Gasteiger partial charge in [-0.25, -0.2) is 0 Å². The van der Waals surface area contributed by atoms with Crippen LogP contribution < -0.4 is 4.90 Å². The highest BCUT2D eigenvalue weighted by Crippen LogP contribution is 2.22. The molecule has 132 valence electrons. The molecular formula is C19H19N5O2. The lowest BCUT2D eigenvalue weighted by Gasteiger charge is -2.24. The van der Waals surface area contributed by atoms with Crippen molar-refractivity contribution in [2.24, 2.45) is 0 Å². The van der Waals surface area contributed by atoms with Crippen LogP contribution in [0.4, 0.5) is 5.69 Å². The molecule has 1 aliphatic heterocycles. The Morgan fingerprint density at radius 2 is 1.96 bits per heavy atom. The molecule has 0 unspecified atom stereocenters. The monoisotopic (exact) mass is 349 g/mol. The van der Waals surface area contributed by atoms with E-state index in [0.29, 0.717) is 24.1 Å². The van der Waals surface area contributed by atoms with Gasteiger partial charge in [0.1, 0.15) is 6.07 Å². The predicted octanol–water partition coefficient (Wildman–Crippen LogP) is 2.91. The first-order valence-electron chi connectivity index (χ1n) is 8.66. The second-order valence-electron chi connectivity index (χ2n) is 6.22. The van der Waals surface area contributed by atoms with Crippen molar-refractivity contribution in [2.45, 2.75) is 13.0 Å². The Hall–Kier alpha value is -3.11. The summed E-state index contributed by atoms with van der Waals surface area (Å²) in [7, 11) is 0. The Morgan fingerprint density at radius 3 is 2.81 bits per heavy atom. The Labute approximate surface area is 151 Å². The fourth-order valence-electron chi connectivity index (χ4n) is 3.22. The third-order valence-electron chi connectivity index (χ3n) is 4.51. The Kier molecular flexibility index (Phi) is 4.67. The van der Waals surface area contributed by atoms with Gasteiger partial charge in [0.15, 0.2) is 5.76 Å². The number of anilines is 1. The van der Waals surface area contributed by atoms with E-state index in [-0.39, 0.29) is 0 Å². The summed E-state index contributed by atoms with van der Waals surface area (Å²) in [5, 5.41) is 17.5. The van der Waals surface area contributed by atoms with E-state index in [2.05, 4.69) is 26.1 Å². The lowest BCUT2D eigenvalue weighted by atomic mass is 10.1. The maximum Gasteiger partial charge on any atom is 0.283 e. The van der Waals surface area contributed by atoms with E-state index < -0.39 is 0 Å². The number of hydrogen-bond donors (Lipinski definition) is 0. The first-order valence-corrected chi connectivity index (χ1v) is 8.66. The number of rotatable bonds is 4. The standard InChI is InChI=1S/C19H19N5O2/c20-13-15-5-1-2-6-16(15)24-9-4-8-23(10-11-24)14-18-21-22-19(26-18)17-7-3-12-25-17/h1-3,5-7,12H,4,8-11,14H2. The van der Waals surface area contributed by atoms with Gasteiger partial charge in [0.2, 0.25) is 5.89 Å². The molecule has 1 fully saturated rings. The lowest BCUT2D eigenvalue weighted by molar-refractivity contribution is 0.255. The Morgan fingerprint density at radius 1 is 1.04 bits per heavy atom. The highest BCUT2D eigenvalue weighted by atomic mass is 16.4. The summed E-state index contributed by atoms with van der Waals surface area (Å²) < 4.78 is 11.0. The number of aromatic nitrogens is 2. The van der Waals surface area contributed by atoms with Gasteiger partial charge in [0.25, 0.3) is 5.89 Å². The topological polar surface area (TPSA) is 82.3 Å². The first-order chi connectivity index (χ1) is 12.8. The molecule has 3 aromatic rings. The van der Waals surface area contributed by atoms with Crippen LogP contribution in [-0.4, -0.2) is 41.3 Å². The van der Waals surface area contributed by atoms with Crippen molar-refractivity contribution in [1.82, 2.24) is 15.1 Å². The van der Waals surface area contributed by atoms with Crippen molar-refractivity contribution in [3.8, 4) is 17.7 Å². The van der Waals surface area contributed by atoms with Gasteiger partial charge in [0, 0.05) is 26.2 Å². The van der Waals surface area contributed by atoms with Gasteiger partial charge in [-0.15, -0.1) is 10.2 Å². The molecule has 1 aromatic carbocycles. The van der Waals surface area contributed by atoms with Gasteiger partial charge in [-0.3, -0.25) is 4.90 Å². The zero-order valence-electron chi connectivity index (χ0n) is 14.3. The van der Waals surface area contributed by atoms with E-state index in [1.807, 2.05) is 24.3 Å². The minimum absolute atomic E-state index is 0.407. The minimum atomic E-state index is 0.407. The third kappa shape index (κ3) is 3.46. The zero-order chi connectivity index (χ0) is 17.8. The van der Waals surface area contributed by atoms with E-state index in [1.54, 1.807) is 18.4 Å². The van der Waals surface area contributed by atoms with Crippen LogP contribution in [0, 0.1) is 11.3 Å². The van der Waals surface area contributed by atoms with E-state index in [0.717, 1.165) is 43.9 Å². The minimum Gasteiger partial charge on any atom is -0.459 e. The summed E-state index contributed by atoms with van der Waals surface area (Å²) in [6.45, 7) is 4.22. The molecule has 2 aromatic heterocycles. The van der Waals surface area contributed by atoms with E-state index in [1.165, 1.54) is 0 Å². The molecule has 0 bridgehead atoms. The Balaban J connectivity index is 1.41. The molecule has 7 heteroatoms. The smallest absolute Gasteiger partial charge is 0.283 e. The van der Waals surface area contributed by atoms with Crippen LogP contribution in [0.3, 0.4) is 0 Å². The molecule has 0 aliphatic carbocycles. The van der Waals surface area contributed by atoms with Crippen molar-refractivity contribution in [3.05, 3.63) is 54.1 Å². The molecule has 4 rings (SSSR count). The van der Waals surface area contributed by atoms with Gasteiger partial charge in [0.05, 0.1) is 24.1 Å². The van der Waals surface area contributed by atoms with Gasteiger partial charge in [-0.05, 0) is 30.7 Å². The fourth-order valence-corrected chi connectivity index (χ4v) is 3.22. The molecule has 1 saturated heterocycles. The molecule has 0 N–H and O–H groups in total. The number of furan rings is 1. The second-order valence-corrected chi connectivity index (χ2v) is 6.22. The maximum absolute atomic E-state index is 9.32. The molecule has 3 heterocycles. The Bertz CT molecular complexity index is 897. The number of benzene rings is 1. The molecular weight excluding hydrogens is 330 g/mol. The van der Waals surface area contributed by atoms with Crippen LogP contribution >= 0.6 is 0 Å². The van der Waals surface area contributed by atoms with Crippen molar-refractivity contribution in [1.29, 1.82) is 5.26 Å². The van der Waals surface area contributed by atoms with Gasteiger partial charge < -0.3 is 13.7 Å². The number of hydrogen-bond acceptors (Lipinski definition) is 7. The predicted molar refractivity (Wildman–Crippen MR) is 95.3 cm³/mol. The van der Waals surface area contributed by atoms with E-state index in [9.17, 15) is 5.26 Å². The largest absolute Gasteiger partial charge is 0.459 e. The third-order valence-corrected chi connectivity index (χ3v) is 4.51.